The Hall–Kier alpha value is -4.05. The summed E-state index contributed by atoms with van der Waals surface area (Å²) in [6.07, 6.45) is 0. The molecular weight excluding hydrogens is 462 g/mol. The van der Waals surface area contributed by atoms with E-state index in [-0.39, 0.29) is 21.8 Å². The molecule has 3 aromatic rings. The zero-order valence-corrected chi connectivity index (χ0v) is 19.5. The van der Waals surface area contributed by atoms with Crippen LogP contribution in [0.2, 0.25) is 0 Å². The van der Waals surface area contributed by atoms with E-state index in [1.807, 2.05) is 0 Å². The normalized spacial score (nSPS) is 10.8. The van der Waals surface area contributed by atoms with Gasteiger partial charge in [0.25, 0.3) is 10.0 Å². The number of benzene rings is 3. The third-order valence-corrected chi connectivity index (χ3v) is 6.14. The summed E-state index contributed by atoms with van der Waals surface area (Å²) in [5.74, 6) is 0.0272. The predicted octanol–water partition coefficient (Wildman–Crippen LogP) is 3.55. The summed E-state index contributed by atoms with van der Waals surface area (Å²) >= 11 is 0. The maximum absolute atomic E-state index is 12.7. The Kier molecular flexibility index (Phi) is 7.75. The second-order valence-corrected chi connectivity index (χ2v) is 8.61. The zero-order chi connectivity index (χ0) is 24.7. The Morgan fingerprint density at radius 2 is 1.50 bits per heavy atom. The standard InChI is InChI=1S/C24H23NO8S/c1-30-18-9-7-17(8-10-18)25-34(28,29)20-6-4-5-16(13-20)24(27)33-15-22(26)21-12-11-19(31-2)14-23(21)32-3/h4-14,25H,15H2,1-3H3. The summed E-state index contributed by atoms with van der Waals surface area (Å²) in [6.45, 7) is -0.553. The minimum Gasteiger partial charge on any atom is -0.497 e. The largest absolute Gasteiger partial charge is 0.497 e. The van der Waals surface area contributed by atoms with Crippen LogP contribution < -0.4 is 18.9 Å². The topological polar surface area (TPSA) is 117 Å². The maximum Gasteiger partial charge on any atom is 0.338 e. The molecule has 178 valence electrons. The SMILES string of the molecule is COc1ccc(NS(=O)(=O)c2cccc(C(=O)OCC(=O)c3ccc(OC)cc3OC)c2)cc1. The average molecular weight is 486 g/mol. The van der Waals surface area contributed by atoms with E-state index in [0.717, 1.165) is 0 Å². The van der Waals surface area contributed by atoms with Crippen molar-refractivity contribution in [3.63, 3.8) is 0 Å². The van der Waals surface area contributed by atoms with Crippen LogP contribution in [0.1, 0.15) is 20.7 Å². The summed E-state index contributed by atoms with van der Waals surface area (Å²) in [5.41, 5.74) is 0.524. The van der Waals surface area contributed by atoms with Crippen LogP contribution in [0.25, 0.3) is 0 Å². The number of ether oxygens (including phenoxy) is 4. The van der Waals surface area contributed by atoms with Crippen LogP contribution in [0.3, 0.4) is 0 Å². The molecule has 0 unspecified atom stereocenters. The van der Waals surface area contributed by atoms with E-state index in [1.54, 1.807) is 36.4 Å². The first-order chi connectivity index (χ1) is 16.3. The Morgan fingerprint density at radius 1 is 0.824 bits per heavy atom. The molecule has 0 bridgehead atoms. The molecule has 0 aromatic heterocycles. The maximum atomic E-state index is 12.7. The van der Waals surface area contributed by atoms with Crippen molar-refractivity contribution in [2.24, 2.45) is 0 Å². The Labute approximate surface area is 197 Å². The molecule has 10 heteroatoms. The fourth-order valence-corrected chi connectivity index (χ4v) is 4.09. The van der Waals surface area contributed by atoms with Crippen molar-refractivity contribution in [1.82, 2.24) is 0 Å². The minimum atomic E-state index is -3.97. The van der Waals surface area contributed by atoms with Crippen molar-refractivity contribution in [1.29, 1.82) is 0 Å². The monoisotopic (exact) mass is 485 g/mol. The third kappa shape index (κ3) is 5.84. The Balaban J connectivity index is 1.70. The lowest BCUT2D eigenvalue weighted by Crippen LogP contribution is -2.16. The lowest BCUT2D eigenvalue weighted by molar-refractivity contribution is 0.0473. The highest BCUT2D eigenvalue weighted by molar-refractivity contribution is 7.92. The molecule has 0 atom stereocenters. The summed E-state index contributed by atoms with van der Waals surface area (Å²) in [4.78, 5) is 24.9. The second-order valence-electron chi connectivity index (χ2n) is 6.93. The Bertz CT molecular complexity index is 1290. The lowest BCUT2D eigenvalue weighted by Gasteiger charge is -2.11. The number of Topliss-reactive ketones (excluding diaryl/α,β-unsaturated/α-hetero) is 1. The molecule has 0 fully saturated rings. The van der Waals surface area contributed by atoms with Crippen LogP contribution in [0.5, 0.6) is 17.2 Å². The van der Waals surface area contributed by atoms with E-state index >= 15 is 0 Å². The number of rotatable bonds is 10. The number of carbonyl (C=O) groups is 2. The summed E-state index contributed by atoms with van der Waals surface area (Å²) < 4.78 is 48.3. The number of hydrogen-bond donors (Lipinski definition) is 1. The molecule has 0 saturated heterocycles. The first-order valence-corrected chi connectivity index (χ1v) is 11.4. The average Bonchev–Trinajstić information content (AvgIpc) is 2.86. The number of esters is 1. The quantitative estimate of drug-likeness (QED) is 0.342. The van der Waals surface area contributed by atoms with Crippen LogP contribution in [0, 0.1) is 0 Å². The molecule has 0 radical (unpaired) electrons. The van der Waals surface area contributed by atoms with Gasteiger partial charge in [-0.15, -0.1) is 0 Å². The van der Waals surface area contributed by atoms with E-state index in [0.29, 0.717) is 17.2 Å². The van der Waals surface area contributed by atoms with Crippen LogP contribution in [-0.4, -0.2) is 48.1 Å². The number of carbonyl (C=O) groups excluding carboxylic acids is 2. The highest BCUT2D eigenvalue weighted by Crippen LogP contribution is 2.25. The van der Waals surface area contributed by atoms with Gasteiger partial charge in [0.15, 0.2) is 6.61 Å². The number of methoxy groups -OCH3 is 3. The minimum absolute atomic E-state index is 0.0212. The van der Waals surface area contributed by atoms with Crippen LogP contribution in [0.15, 0.2) is 71.6 Å². The van der Waals surface area contributed by atoms with E-state index in [9.17, 15) is 18.0 Å². The molecule has 1 N–H and O–H groups in total. The lowest BCUT2D eigenvalue weighted by atomic mass is 10.1. The van der Waals surface area contributed by atoms with Gasteiger partial charge in [-0.2, -0.15) is 0 Å². The molecule has 34 heavy (non-hydrogen) atoms. The zero-order valence-electron chi connectivity index (χ0n) is 18.7. The van der Waals surface area contributed by atoms with Crippen molar-refractivity contribution in [2.45, 2.75) is 4.90 Å². The Morgan fingerprint density at radius 3 is 2.15 bits per heavy atom. The predicted molar refractivity (Wildman–Crippen MR) is 124 cm³/mol. The molecule has 3 aromatic carbocycles. The highest BCUT2D eigenvalue weighted by atomic mass is 32.2. The molecule has 0 heterocycles. The van der Waals surface area contributed by atoms with Gasteiger partial charge in [0.1, 0.15) is 17.2 Å². The van der Waals surface area contributed by atoms with Crippen LogP contribution in [-0.2, 0) is 14.8 Å². The molecule has 0 spiro atoms. The van der Waals surface area contributed by atoms with Gasteiger partial charge in [-0.3, -0.25) is 9.52 Å². The van der Waals surface area contributed by atoms with Crippen molar-refractivity contribution in [3.05, 3.63) is 77.9 Å². The summed E-state index contributed by atoms with van der Waals surface area (Å²) in [6, 6.07) is 16.3. The molecule has 0 aliphatic rings. The number of sulfonamides is 1. The van der Waals surface area contributed by atoms with E-state index in [2.05, 4.69) is 4.72 Å². The molecule has 0 amide bonds. The van der Waals surface area contributed by atoms with Gasteiger partial charge in [0, 0.05) is 11.8 Å². The van der Waals surface area contributed by atoms with Crippen molar-refractivity contribution >= 4 is 27.5 Å². The number of nitrogens with one attached hydrogen (secondary N) is 1. The van der Waals surface area contributed by atoms with Gasteiger partial charge >= 0.3 is 5.97 Å². The van der Waals surface area contributed by atoms with E-state index in [4.69, 9.17) is 18.9 Å². The second kappa shape index (κ2) is 10.7. The van der Waals surface area contributed by atoms with E-state index < -0.39 is 28.4 Å². The van der Waals surface area contributed by atoms with Crippen molar-refractivity contribution in [3.8, 4) is 17.2 Å². The number of anilines is 1. The van der Waals surface area contributed by atoms with Gasteiger partial charge in [0.05, 0.1) is 37.4 Å². The van der Waals surface area contributed by atoms with Gasteiger partial charge in [-0.25, -0.2) is 13.2 Å². The summed E-state index contributed by atoms with van der Waals surface area (Å²) in [7, 11) is 0.423. The molecular formula is C24H23NO8S. The summed E-state index contributed by atoms with van der Waals surface area (Å²) in [5, 5.41) is 0. The number of hydrogen-bond acceptors (Lipinski definition) is 8. The van der Waals surface area contributed by atoms with Gasteiger partial charge in [-0.05, 0) is 54.6 Å². The first-order valence-electron chi connectivity index (χ1n) is 9.96. The van der Waals surface area contributed by atoms with Gasteiger partial charge < -0.3 is 18.9 Å². The van der Waals surface area contributed by atoms with Crippen molar-refractivity contribution in [2.75, 3.05) is 32.7 Å². The molecule has 0 aliphatic heterocycles. The molecule has 0 saturated carbocycles. The smallest absolute Gasteiger partial charge is 0.338 e. The van der Waals surface area contributed by atoms with Gasteiger partial charge in [-0.1, -0.05) is 6.07 Å². The first kappa shape index (κ1) is 24.6. The van der Waals surface area contributed by atoms with Gasteiger partial charge in [0.2, 0.25) is 5.78 Å². The van der Waals surface area contributed by atoms with Crippen LogP contribution in [0.4, 0.5) is 5.69 Å². The molecule has 0 aliphatic carbocycles. The van der Waals surface area contributed by atoms with Crippen molar-refractivity contribution < 1.29 is 37.0 Å². The van der Waals surface area contributed by atoms with Crippen LogP contribution >= 0.6 is 0 Å². The third-order valence-electron chi connectivity index (χ3n) is 4.77. The molecule has 3 rings (SSSR count). The fourth-order valence-electron chi connectivity index (χ4n) is 2.98. The highest BCUT2D eigenvalue weighted by Gasteiger charge is 2.19. The fraction of sp³-hybridized carbons (Fsp3) is 0.167. The van der Waals surface area contributed by atoms with E-state index in [1.165, 1.54) is 51.7 Å². The molecule has 9 nitrogen and oxygen atoms in total. The number of ketones is 1.